The van der Waals surface area contributed by atoms with Gasteiger partial charge in [0.25, 0.3) is 5.91 Å². The summed E-state index contributed by atoms with van der Waals surface area (Å²) in [7, 11) is 0. The van der Waals surface area contributed by atoms with Crippen LogP contribution >= 0.6 is 33.9 Å². The van der Waals surface area contributed by atoms with E-state index < -0.39 is 0 Å². The van der Waals surface area contributed by atoms with Gasteiger partial charge in [-0.2, -0.15) is 0 Å². The van der Waals surface area contributed by atoms with Crippen LogP contribution in [0.25, 0.3) is 0 Å². The first-order valence-corrected chi connectivity index (χ1v) is 8.39. The summed E-state index contributed by atoms with van der Waals surface area (Å²) in [5.74, 6) is 0.151. The Morgan fingerprint density at radius 2 is 2.25 bits per heavy atom. The average Bonchev–Trinajstić information content (AvgIpc) is 2.91. The van der Waals surface area contributed by atoms with Crippen molar-refractivity contribution in [3.63, 3.8) is 0 Å². The first-order valence-electron chi connectivity index (χ1n) is 6.43. The molecule has 3 rings (SSSR count). The van der Waals surface area contributed by atoms with Crippen LogP contribution in [-0.2, 0) is 6.42 Å². The highest BCUT2D eigenvalue weighted by molar-refractivity contribution is 14.1. The molecule has 2 aromatic rings. The number of aromatic hydroxyl groups is 1. The SMILES string of the molecule is CC1c2ccsc2CCN1C(=O)c1ccc(I)c(O)c1. The maximum absolute atomic E-state index is 12.6. The van der Waals surface area contributed by atoms with Crippen LogP contribution in [0.15, 0.2) is 29.6 Å². The molecule has 1 atom stereocenters. The predicted octanol–water partition coefficient (Wildman–Crippen LogP) is 3.82. The van der Waals surface area contributed by atoms with Gasteiger partial charge in [0.2, 0.25) is 0 Å². The van der Waals surface area contributed by atoms with E-state index in [2.05, 4.69) is 18.4 Å². The molecule has 0 saturated carbocycles. The van der Waals surface area contributed by atoms with Gasteiger partial charge in [0.1, 0.15) is 5.75 Å². The number of benzene rings is 1. The fraction of sp³-hybridized carbons (Fsp3) is 0.267. The molecule has 0 radical (unpaired) electrons. The number of halogens is 1. The summed E-state index contributed by atoms with van der Waals surface area (Å²) >= 11 is 3.81. The molecule has 0 bridgehead atoms. The molecule has 5 heteroatoms. The van der Waals surface area contributed by atoms with Crippen LogP contribution in [0.5, 0.6) is 5.75 Å². The van der Waals surface area contributed by atoms with Gasteiger partial charge in [-0.3, -0.25) is 4.79 Å². The lowest BCUT2D eigenvalue weighted by Crippen LogP contribution is -2.38. The molecule has 0 aliphatic carbocycles. The highest BCUT2D eigenvalue weighted by Gasteiger charge is 2.29. The van der Waals surface area contributed by atoms with E-state index in [4.69, 9.17) is 0 Å². The third-order valence-electron chi connectivity index (χ3n) is 3.73. The van der Waals surface area contributed by atoms with Gasteiger partial charge in [0.15, 0.2) is 0 Å². The van der Waals surface area contributed by atoms with Gasteiger partial charge in [-0.15, -0.1) is 11.3 Å². The van der Waals surface area contributed by atoms with E-state index >= 15 is 0 Å². The van der Waals surface area contributed by atoms with Crippen molar-refractivity contribution < 1.29 is 9.90 Å². The van der Waals surface area contributed by atoms with Crippen molar-refractivity contribution in [1.29, 1.82) is 0 Å². The minimum Gasteiger partial charge on any atom is -0.507 e. The Labute approximate surface area is 135 Å². The Balaban J connectivity index is 1.90. The molecule has 1 N–H and O–H groups in total. The number of fused-ring (bicyclic) bond motifs is 1. The standard InChI is InChI=1S/C15H14INO2S/c1-9-11-5-7-20-14(11)4-6-17(9)15(19)10-2-3-12(16)13(18)8-10/h2-3,5,7-9,18H,4,6H2,1H3. The molecule has 1 unspecified atom stereocenters. The van der Waals surface area contributed by atoms with E-state index in [9.17, 15) is 9.90 Å². The molecule has 2 heterocycles. The van der Waals surface area contributed by atoms with Gasteiger partial charge < -0.3 is 10.0 Å². The van der Waals surface area contributed by atoms with Gasteiger partial charge >= 0.3 is 0 Å². The largest absolute Gasteiger partial charge is 0.507 e. The number of hydrogen-bond donors (Lipinski definition) is 1. The minimum absolute atomic E-state index is 0.0129. The van der Waals surface area contributed by atoms with Crippen LogP contribution in [0.2, 0.25) is 0 Å². The lowest BCUT2D eigenvalue weighted by Gasteiger charge is -2.33. The molecular formula is C15H14INO2S. The third-order valence-corrected chi connectivity index (χ3v) is 5.64. The fourth-order valence-corrected chi connectivity index (χ4v) is 3.90. The number of rotatable bonds is 1. The van der Waals surface area contributed by atoms with Crippen molar-refractivity contribution in [2.24, 2.45) is 0 Å². The summed E-state index contributed by atoms with van der Waals surface area (Å²) in [5.41, 5.74) is 1.80. The van der Waals surface area contributed by atoms with Crippen LogP contribution < -0.4 is 0 Å². The topological polar surface area (TPSA) is 40.5 Å². The second-order valence-electron chi connectivity index (χ2n) is 4.89. The summed E-state index contributed by atoms with van der Waals surface area (Å²) in [6, 6.07) is 7.31. The summed E-state index contributed by atoms with van der Waals surface area (Å²) < 4.78 is 0.756. The van der Waals surface area contributed by atoms with Gasteiger partial charge in [0, 0.05) is 17.0 Å². The number of thiophene rings is 1. The van der Waals surface area contributed by atoms with Crippen LogP contribution in [0, 0.1) is 3.57 Å². The van der Waals surface area contributed by atoms with Gasteiger partial charge in [0.05, 0.1) is 9.61 Å². The molecule has 1 aromatic heterocycles. The Hall–Kier alpha value is -1.08. The number of carbonyl (C=O) groups excluding carboxylic acids is 1. The first-order chi connectivity index (χ1) is 9.58. The lowest BCUT2D eigenvalue weighted by atomic mass is 10.0. The van der Waals surface area contributed by atoms with Crippen LogP contribution in [-0.4, -0.2) is 22.5 Å². The van der Waals surface area contributed by atoms with E-state index in [1.165, 1.54) is 10.4 Å². The second-order valence-corrected chi connectivity index (χ2v) is 7.05. The molecular weight excluding hydrogens is 385 g/mol. The van der Waals surface area contributed by atoms with E-state index in [-0.39, 0.29) is 17.7 Å². The highest BCUT2D eigenvalue weighted by atomic mass is 127. The normalized spacial score (nSPS) is 17.9. The summed E-state index contributed by atoms with van der Waals surface area (Å²) in [4.78, 5) is 15.9. The average molecular weight is 399 g/mol. The maximum Gasteiger partial charge on any atom is 0.254 e. The number of amides is 1. The van der Waals surface area contributed by atoms with E-state index in [0.29, 0.717) is 5.56 Å². The molecule has 0 fully saturated rings. The molecule has 0 saturated heterocycles. The van der Waals surface area contributed by atoms with Gasteiger partial charge in [-0.1, -0.05) is 0 Å². The number of hydrogen-bond acceptors (Lipinski definition) is 3. The zero-order valence-electron chi connectivity index (χ0n) is 11.0. The molecule has 1 aliphatic rings. The number of phenols is 1. The molecule has 0 spiro atoms. The Kier molecular flexibility index (Phi) is 3.72. The summed E-state index contributed by atoms with van der Waals surface area (Å²) in [6.07, 6.45) is 0.916. The summed E-state index contributed by atoms with van der Waals surface area (Å²) in [6.45, 7) is 2.80. The Bertz CT molecular complexity index is 668. The third kappa shape index (κ3) is 2.33. The molecule has 1 aliphatic heterocycles. The first kappa shape index (κ1) is 13.9. The molecule has 1 amide bonds. The van der Waals surface area contributed by atoms with Crippen molar-refractivity contribution in [1.82, 2.24) is 4.90 Å². The smallest absolute Gasteiger partial charge is 0.254 e. The molecule has 1 aromatic carbocycles. The van der Waals surface area contributed by atoms with Gasteiger partial charge in [-0.05, 0) is 71.1 Å². The Morgan fingerprint density at radius 3 is 3.00 bits per heavy atom. The molecule has 20 heavy (non-hydrogen) atoms. The zero-order valence-corrected chi connectivity index (χ0v) is 13.9. The number of phenolic OH excluding ortho intramolecular Hbond substituents is 1. The van der Waals surface area contributed by atoms with Crippen molar-refractivity contribution in [3.05, 3.63) is 49.2 Å². The quantitative estimate of drug-likeness (QED) is 0.741. The maximum atomic E-state index is 12.6. The number of nitrogens with zero attached hydrogens (tertiary/aromatic N) is 1. The second kappa shape index (κ2) is 5.37. The minimum atomic E-state index is -0.0129. The predicted molar refractivity (Wildman–Crippen MR) is 88.3 cm³/mol. The molecule has 3 nitrogen and oxygen atoms in total. The van der Waals surface area contributed by atoms with E-state index in [1.54, 1.807) is 29.5 Å². The fourth-order valence-electron chi connectivity index (χ4n) is 2.60. The van der Waals surface area contributed by atoms with Crippen LogP contribution in [0.4, 0.5) is 0 Å². The lowest BCUT2D eigenvalue weighted by molar-refractivity contribution is 0.0679. The monoisotopic (exact) mass is 399 g/mol. The molecule has 104 valence electrons. The Morgan fingerprint density at radius 1 is 1.45 bits per heavy atom. The summed E-state index contributed by atoms with van der Waals surface area (Å²) in [5, 5.41) is 11.9. The number of carbonyl (C=O) groups is 1. The van der Waals surface area contributed by atoms with Crippen molar-refractivity contribution in [3.8, 4) is 5.75 Å². The zero-order chi connectivity index (χ0) is 14.3. The van der Waals surface area contributed by atoms with E-state index in [0.717, 1.165) is 16.5 Å². The van der Waals surface area contributed by atoms with E-state index in [1.807, 2.05) is 27.5 Å². The van der Waals surface area contributed by atoms with Crippen LogP contribution in [0.1, 0.15) is 33.8 Å². The van der Waals surface area contributed by atoms with Crippen molar-refractivity contribution in [2.45, 2.75) is 19.4 Å². The van der Waals surface area contributed by atoms with Crippen molar-refractivity contribution >= 4 is 39.8 Å². The van der Waals surface area contributed by atoms with Crippen molar-refractivity contribution in [2.75, 3.05) is 6.54 Å². The van der Waals surface area contributed by atoms with Gasteiger partial charge in [-0.25, -0.2) is 0 Å². The highest BCUT2D eigenvalue weighted by Crippen LogP contribution is 2.34. The van der Waals surface area contributed by atoms with Crippen LogP contribution in [0.3, 0.4) is 0 Å².